The van der Waals surface area contributed by atoms with Gasteiger partial charge in [0.2, 0.25) is 5.43 Å². The van der Waals surface area contributed by atoms with Crippen molar-refractivity contribution in [2.45, 2.75) is 25.5 Å². The number of rotatable bonds is 3. The van der Waals surface area contributed by atoms with Crippen molar-refractivity contribution in [3.63, 3.8) is 0 Å². The van der Waals surface area contributed by atoms with Gasteiger partial charge in [0, 0.05) is 13.1 Å². The minimum atomic E-state index is -1.54. The van der Waals surface area contributed by atoms with E-state index >= 15 is 0 Å². The second-order valence-electron chi connectivity index (χ2n) is 7.49. The molecule has 30 heavy (non-hydrogen) atoms. The van der Waals surface area contributed by atoms with Crippen LogP contribution in [0.15, 0.2) is 47.4 Å². The standard InChI is InChI=1S/C22H19ClN2O5/c23-15-10-14-18-21(19(15)24-8-4-5-9-24)29-16(13-6-2-1-3-7-13)11-25(18)12-17(20(14)26)30-22(27)28/h1-3,6-7,10,12,16H,4-5,8-9,11H2,(H,27,28). The van der Waals surface area contributed by atoms with Crippen LogP contribution in [-0.2, 0) is 6.54 Å². The molecule has 1 unspecified atom stereocenters. The van der Waals surface area contributed by atoms with E-state index in [9.17, 15) is 9.59 Å². The summed E-state index contributed by atoms with van der Waals surface area (Å²) in [5, 5.41) is 9.73. The predicted octanol–water partition coefficient (Wildman–Crippen LogP) is 4.45. The molecule has 1 aromatic heterocycles. The van der Waals surface area contributed by atoms with E-state index in [1.54, 1.807) is 6.07 Å². The summed E-state index contributed by atoms with van der Waals surface area (Å²) in [6.45, 7) is 2.13. The number of nitrogens with zero attached hydrogens (tertiary/aromatic N) is 2. The van der Waals surface area contributed by atoms with Crippen molar-refractivity contribution in [1.29, 1.82) is 0 Å². The molecule has 0 radical (unpaired) electrons. The normalized spacial score (nSPS) is 17.8. The summed E-state index contributed by atoms with van der Waals surface area (Å²) in [5.74, 6) is 0.304. The van der Waals surface area contributed by atoms with Gasteiger partial charge in [-0.15, -0.1) is 0 Å². The highest BCUT2D eigenvalue weighted by molar-refractivity contribution is 6.34. The van der Waals surface area contributed by atoms with Crippen molar-refractivity contribution >= 4 is 34.3 Å². The van der Waals surface area contributed by atoms with Gasteiger partial charge in [0.25, 0.3) is 0 Å². The minimum Gasteiger partial charge on any atom is -0.479 e. The lowest BCUT2D eigenvalue weighted by Crippen LogP contribution is -2.27. The molecule has 0 bridgehead atoms. The highest BCUT2D eigenvalue weighted by Crippen LogP contribution is 2.47. The predicted molar refractivity (Wildman–Crippen MR) is 113 cm³/mol. The first-order chi connectivity index (χ1) is 14.5. The summed E-state index contributed by atoms with van der Waals surface area (Å²) in [5.41, 5.74) is 1.84. The molecule has 3 heterocycles. The van der Waals surface area contributed by atoms with Crippen LogP contribution in [0.25, 0.3) is 10.9 Å². The summed E-state index contributed by atoms with van der Waals surface area (Å²) in [6.07, 6.45) is 1.72. The third-order valence-corrected chi connectivity index (χ3v) is 5.91. The molecule has 8 heteroatoms. The Morgan fingerprint density at radius 2 is 1.93 bits per heavy atom. The van der Waals surface area contributed by atoms with Crippen LogP contribution in [0.1, 0.15) is 24.5 Å². The number of anilines is 1. The van der Waals surface area contributed by atoms with E-state index < -0.39 is 11.6 Å². The van der Waals surface area contributed by atoms with Gasteiger partial charge >= 0.3 is 6.16 Å². The van der Waals surface area contributed by atoms with Crippen molar-refractivity contribution < 1.29 is 19.4 Å². The topological polar surface area (TPSA) is 81.0 Å². The highest BCUT2D eigenvalue weighted by Gasteiger charge is 2.31. The molecule has 0 amide bonds. The van der Waals surface area contributed by atoms with Gasteiger partial charge in [-0.2, -0.15) is 0 Å². The summed E-state index contributed by atoms with van der Waals surface area (Å²) < 4.78 is 13.0. The van der Waals surface area contributed by atoms with Crippen molar-refractivity contribution in [2.24, 2.45) is 0 Å². The Kier molecular flexibility index (Phi) is 4.55. The molecular weight excluding hydrogens is 408 g/mol. The highest BCUT2D eigenvalue weighted by atomic mass is 35.5. The van der Waals surface area contributed by atoms with E-state index in [2.05, 4.69) is 4.90 Å². The number of ether oxygens (including phenoxy) is 2. The average molecular weight is 427 g/mol. The monoisotopic (exact) mass is 426 g/mol. The van der Waals surface area contributed by atoms with Gasteiger partial charge in [-0.3, -0.25) is 4.79 Å². The SMILES string of the molecule is O=C(O)Oc1cn2c3c(c(N4CCCC4)c(Cl)cc3c1=O)OC(c1ccccc1)C2. The Labute approximate surface area is 177 Å². The molecule has 0 saturated carbocycles. The Morgan fingerprint density at radius 1 is 1.20 bits per heavy atom. The number of hydrogen-bond donors (Lipinski definition) is 1. The van der Waals surface area contributed by atoms with E-state index in [1.165, 1.54) is 6.20 Å². The van der Waals surface area contributed by atoms with Gasteiger partial charge in [-0.25, -0.2) is 4.79 Å². The first-order valence-electron chi connectivity index (χ1n) is 9.80. The van der Waals surface area contributed by atoms with Crippen molar-refractivity contribution in [3.8, 4) is 11.5 Å². The number of carboxylic acid groups (broad SMARTS) is 1. The molecule has 1 saturated heterocycles. The molecule has 1 N–H and O–H groups in total. The summed E-state index contributed by atoms with van der Waals surface area (Å²) in [7, 11) is 0. The van der Waals surface area contributed by atoms with Crippen LogP contribution >= 0.6 is 11.6 Å². The Hall–Kier alpha value is -3.19. The van der Waals surface area contributed by atoms with Gasteiger partial charge < -0.3 is 24.0 Å². The molecule has 0 aliphatic carbocycles. The fourth-order valence-corrected chi connectivity index (χ4v) is 4.63. The Bertz CT molecular complexity index is 1200. The van der Waals surface area contributed by atoms with Crippen LogP contribution in [0.4, 0.5) is 10.5 Å². The Morgan fingerprint density at radius 3 is 2.63 bits per heavy atom. The van der Waals surface area contributed by atoms with E-state index in [1.807, 2.05) is 34.9 Å². The molecule has 7 nitrogen and oxygen atoms in total. The molecule has 5 rings (SSSR count). The van der Waals surface area contributed by atoms with E-state index in [0.29, 0.717) is 22.8 Å². The summed E-state index contributed by atoms with van der Waals surface area (Å²) in [6, 6.07) is 11.4. The average Bonchev–Trinajstić information content (AvgIpc) is 3.25. The third kappa shape index (κ3) is 3.06. The second kappa shape index (κ2) is 7.25. The molecule has 2 aliphatic rings. The first kappa shape index (κ1) is 18.8. The zero-order chi connectivity index (χ0) is 20.8. The van der Waals surface area contributed by atoms with E-state index in [0.717, 1.165) is 37.2 Å². The number of aromatic nitrogens is 1. The summed E-state index contributed by atoms with van der Waals surface area (Å²) >= 11 is 6.64. The van der Waals surface area contributed by atoms with Gasteiger partial charge in [-0.05, 0) is 24.5 Å². The maximum absolute atomic E-state index is 12.9. The van der Waals surface area contributed by atoms with Crippen LogP contribution in [0, 0.1) is 0 Å². The number of pyridine rings is 1. The number of hydrogen-bond acceptors (Lipinski definition) is 5. The van der Waals surface area contributed by atoms with Crippen molar-refractivity contribution in [2.75, 3.05) is 18.0 Å². The van der Waals surface area contributed by atoms with Crippen molar-refractivity contribution in [3.05, 3.63) is 63.4 Å². The lowest BCUT2D eigenvalue weighted by atomic mass is 10.0. The molecule has 1 fully saturated rings. The minimum absolute atomic E-state index is 0.250. The third-order valence-electron chi connectivity index (χ3n) is 5.62. The molecule has 2 aliphatic heterocycles. The van der Waals surface area contributed by atoms with Crippen LogP contribution in [0.2, 0.25) is 5.02 Å². The van der Waals surface area contributed by atoms with Gasteiger partial charge in [0.05, 0.1) is 28.7 Å². The molecule has 1 atom stereocenters. The Balaban J connectivity index is 1.76. The number of carbonyl (C=O) groups is 1. The molecular formula is C22H19ClN2O5. The number of halogens is 1. The van der Waals surface area contributed by atoms with Crippen LogP contribution in [-0.4, -0.2) is 28.9 Å². The van der Waals surface area contributed by atoms with E-state index in [-0.39, 0.29) is 17.2 Å². The molecule has 154 valence electrons. The van der Waals surface area contributed by atoms with Gasteiger partial charge in [-0.1, -0.05) is 41.9 Å². The maximum atomic E-state index is 12.9. The summed E-state index contributed by atoms with van der Waals surface area (Å²) in [4.78, 5) is 26.2. The second-order valence-corrected chi connectivity index (χ2v) is 7.89. The molecule has 2 aromatic carbocycles. The zero-order valence-electron chi connectivity index (χ0n) is 16.0. The fraction of sp³-hybridized carbons (Fsp3) is 0.273. The fourth-order valence-electron chi connectivity index (χ4n) is 4.32. The van der Waals surface area contributed by atoms with Crippen LogP contribution in [0.3, 0.4) is 0 Å². The smallest absolute Gasteiger partial charge is 0.479 e. The van der Waals surface area contributed by atoms with Crippen LogP contribution in [0.5, 0.6) is 11.5 Å². The van der Waals surface area contributed by atoms with E-state index in [4.69, 9.17) is 26.2 Å². The van der Waals surface area contributed by atoms with Gasteiger partial charge in [0.1, 0.15) is 11.8 Å². The number of benzene rings is 2. The van der Waals surface area contributed by atoms with Crippen LogP contribution < -0.4 is 19.8 Å². The zero-order valence-corrected chi connectivity index (χ0v) is 16.8. The van der Waals surface area contributed by atoms with Crippen molar-refractivity contribution in [1.82, 2.24) is 4.57 Å². The quantitative estimate of drug-likeness (QED) is 0.623. The van der Waals surface area contributed by atoms with Gasteiger partial charge in [0.15, 0.2) is 11.5 Å². The lowest BCUT2D eigenvalue weighted by Gasteiger charge is -2.33. The maximum Gasteiger partial charge on any atom is 0.511 e. The molecule has 3 aromatic rings. The largest absolute Gasteiger partial charge is 0.511 e. The lowest BCUT2D eigenvalue weighted by molar-refractivity contribution is 0.143. The first-order valence-corrected chi connectivity index (χ1v) is 10.2. The molecule has 0 spiro atoms.